The van der Waals surface area contributed by atoms with E-state index < -0.39 is 0 Å². The van der Waals surface area contributed by atoms with Gasteiger partial charge in [-0.2, -0.15) is 4.98 Å². The van der Waals surface area contributed by atoms with E-state index in [0.717, 1.165) is 27.3 Å². The molecule has 0 aliphatic heterocycles. The van der Waals surface area contributed by atoms with E-state index in [1.807, 2.05) is 54.6 Å². The molecule has 0 unspecified atom stereocenters. The van der Waals surface area contributed by atoms with Gasteiger partial charge in [-0.1, -0.05) is 34.1 Å². The molecule has 0 bridgehead atoms. The number of nitrogens with zero attached hydrogens (tertiary/aromatic N) is 2. The Morgan fingerprint density at radius 2 is 1.92 bits per heavy atom. The number of aromatic nitrogens is 2. The molecule has 24 heavy (non-hydrogen) atoms. The third-order valence-electron chi connectivity index (χ3n) is 3.36. The van der Waals surface area contributed by atoms with Gasteiger partial charge in [0.1, 0.15) is 11.6 Å². The van der Waals surface area contributed by atoms with E-state index in [-0.39, 0.29) is 0 Å². The number of hydrogen-bond acceptors (Lipinski definition) is 5. The lowest BCUT2D eigenvalue weighted by atomic mass is 10.2. The van der Waals surface area contributed by atoms with Gasteiger partial charge in [0.25, 0.3) is 0 Å². The zero-order valence-corrected chi connectivity index (χ0v) is 14.7. The van der Waals surface area contributed by atoms with Crippen molar-refractivity contribution >= 4 is 33.4 Å². The summed E-state index contributed by atoms with van der Waals surface area (Å²) < 4.78 is 6.17. The molecule has 0 radical (unpaired) electrons. The summed E-state index contributed by atoms with van der Waals surface area (Å²) in [4.78, 5) is 8.72. The molecule has 5 nitrogen and oxygen atoms in total. The second kappa shape index (κ2) is 7.79. The number of halogens is 1. The summed E-state index contributed by atoms with van der Waals surface area (Å²) in [6, 6.07) is 17.6. The minimum Gasteiger partial charge on any atom is -0.497 e. The lowest BCUT2D eigenvalue weighted by molar-refractivity contribution is 0.414. The molecule has 2 aromatic carbocycles. The minimum atomic E-state index is 0.575. The normalized spacial score (nSPS) is 10.2. The molecule has 0 aliphatic rings. The number of ether oxygens (including phenoxy) is 1. The quantitative estimate of drug-likeness (QED) is 0.649. The Balaban J connectivity index is 1.64. The van der Waals surface area contributed by atoms with Crippen LogP contribution in [0.5, 0.6) is 5.75 Å². The number of methoxy groups -OCH3 is 1. The standard InChI is InChI=1S/C18H17BrN4O/c1-24-16-7-5-13(6-8-16)12-21-18-20-10-9-17(23-18)22-15-4-2-3-14(19)11-15/h2-11H,12H2,1H3,(H2,20,21,22,23). The Kier molecular flexibility index (Phi) is 5.28. The van der Waals surface area contributed by atoms with Crippen molar-refractivity contribution in [1.29, 1.82) is 0 Å². The van der Waals surface area contributed by atoms with Gasteiger partial charge in [-0.25, -0.2) is 4.98 Å². The molecule has 0 saturated carbocycles. The fraction of sp³-hybridized carbons (Fsp3) is 0.111. The summed E-state index contributed by atoms with van der Waals surface area (Å²) in [5.41, 5.74) is 2.09. The summed E-state index contributed by atoms with van der Waals surface area (Å²) in [5, 5.41) is 6.48. The second-order valence-corrected chi connectivity index (χ2v) is 6.02. The topological polar surface area (TPSA) is 59.1 Å². The summed E-state index contributed by atoms with van der Waals surface area (Å²) in [6.07, 6.45) is 1.73. The Hall–Kier alpha value is -2.60. The van der Waals surface area contributed by atoms with Crippen molar-refractivity contribution in [3.8, 4) is 5.75 Å². The molecule has 122 valence electrons. The molecule has 3 aromatic rings. The molecule has 2 N–H and O–H groups in total. The van der Waals surface area contributed by atoms with Crippen LogP contribution < -0.4 is 15.4 Å². The third kappa shape index (κ3) is 4.45. The van der Waals surface area contributed by atoms with Crippen LogP contribution in [0.15, 0.2) is 65.3 Å². The van der Waals surface area contributed by atoms with Crippen molar-refractivity contribution in [3.05, 3.63) is 70.8 Å². The third-order valence-corrected chi connectivity index (χ3v) is 3.86. The molecular formula is C18H17BrN4O. The molecular weight excluding hydrogens is 368 g/mol. The minimum absolute atomic E-state index is 0.575. The predicted molar refractivity (Wildman–Crippen MR) is 99.8 cm³/mol. The van der Waals surface area contributed by atoms with Crippen molar-refractivity contribution in [2.24, 2.45) is 0 Å². The van der Waals surface area contributed by atoms with Gasteiger partial charge in [-0.15, -0.1) is 0 Å². The second-order valence-electron chi connectivity index (χ2n) is 5.10. The van der Waals surface area contributed by atoms with Crippen LogP contribution in [0.1, 0.15) is 5.56 Å². The van der Waals surface area contributed by atoms with Crippen LogP contribution in [0.4, 0.5) is 17.5 Å². The lowest BCUT2D eigenvalue weighted by Crippen LogP contribution is -2.05. The highest BCUT2D eigenvalue weighted by Crippen LogP contribution is 2.19. The maximum atomic E-state index is 5.16. The monoisotopic (exact) mass is 384 g/mol. The first-order chi connectivity index (χ1) is 11.7. The molecule has 3 rings (SSSR count). The smallest absolute Gasteiger partial charge is 0.224 e. The Morgan fingerprint density at radius 3 is 2.67 bits per heavy atom. The highest BCUT2D eigenvalue weighted by Gasteiger charge is 2.01. The highest BCUT2D eigenvalue weighted by molar-refractivity contribution is 9.10. The van der Waals surface area contributed by atoms with Gasteiger partial charge in [0.2, 0.25) is 5.95 Å². The number of hydrogen-bond donors (Lipinski definition) is 2. The van der Waals surface area contributed by atoms with Crippen LogP contribution >= 0.6 is 15.9 Å². The van der Waals surface area contributed by atoms with Gasteiger partial charge >= 0.3 is 0 Å². The zero-order valence-electron chi connectivity index (χ0n) is 13.2. The van der Waals surface area contributed by atoms with E-state index in [2.05, 4.69) is 36.5 Å². The molecule has 0 amide bonds. The lowest BCUT2D eigenvalue weighted by Gasteiger charge is -2.09. The van der Waals surface area contributed by atoms with Crippen LogP contribution in [-0.4, -0.2) is 17.1 Å². The number of benzene rings is 2. The van der Waals surface area contributed by atoms with E-state index in [1.165, 1.54) is 0 Å². The fourth-order valence-electron chi connectivity index (χ4n) is 2.15. The van der Waals surface area contributed by atoms with E-state index in [9.17, 15) is 0 Å². The molecule has 1 aromatic heterocycles. The highest BCUT2D eigenvalue weighted by atomic mass is 79.9. The summed E-state index contributed by atoms with van der Waals surface area (Å²) in [6.45, 7) is 0.643. The van der Waals surface area contributed by atoms with Crippen molar-refractivity contribution in [3.63, 3.8) is 0 Å². The molecule has 0 fully saturated rings. The van der Waals surface area contributed by atoms with Gasteiger partial charge < -0.3 is 15.4 Å². The molecule has 1 heterocycles. The predicted octanol–water partition coefficient (Wildman–Crippen LogP) is 4.60. The first-order valence-corrected chi connectivity index (χ1v) is 8.25. The maximum absolute atomic E-state index is 5.16. The average Bonchev–Trinajstić information content (AvgIpc) is 2.61. The number of nitrogens with one attached hydrogen (secondary N) is 2. The van der Waals surface area contributed by atoms with Gasteiger partial charge in [0.05, 0.1) is 7.11 Å². The number of rotatable bonds is 6. The van der Waals surface area contributed by atoms with Crippen LogP contribution in [-0.2, 0) is 6.54 Å². The SMILES string of the molecule is COc1ccc(CNc2nccc(Nc3cccc(Br)c3)n2)cc1. The van der Waals surface area contributed by atoms with Crippen LogP contribution in [0.2, 0.25) is 0 Å². The van der Waals surface area contributed by atoms with Gasteiger partial charge in [-0.05, 0) is 42.0 Å². The average molecular weight is 385 g/mol. The number of anilines is 3. The molecule has 0 spiro atoms. The van der Waals surface area contributed by atoms with E-state index in [4.69, 9.17) is 4.74 Å². The first kappa shape index (κ1) is 16.3. The first-order valence-electron chi connectivity index (χ1n) is 7.45. The molecule has 0 aliphatic carbocycles. The molecule has 0 atom stereocenters. The molecule has 6 heteroatoms. The van der Waals surface area contributed by atoms with Crippen LogP contribution in [0, 0.1) is 0 Å². The van der Waals surface area contributed by atoms with Crippen molar-refractivity contribution in [2.45, 2.75) is 6.54 Å². The maximum Gasteiger partial charge on any atom is 0.224 e. The Bertz CT molecular complexity index is 808. The van der Waals surface area contributed by atoms with Gasteiger partial charge in [0.15, 0.2) is 0 Å². The van der Waals surface area contributed by atoms with E-state index in [0.29, 0.717) is 12.5 Å². The molecule has 0 saturated heterocycles. The van der Waals surface area contributed by atoms with Crippen molar-refractivity contribution < 1.29 is 4.74 Å². The van der Waals surface area contributed by atoms with Crippen LogP contribution in [0.3, 0.4) is 0 Å². The van der Waals surface area contributed by atoms with Crippen molar-refractivity contribution in [1.82, 2.24) is 9.97 Å². The van der Waals surface area contributed by atoms with Gasteiger partial charge in [0, 0.05) is 22.9 Å². The summed E-state index contributed by atoms with van der Waals surface area (Å²) in [5.74, 6) is 2.15. The zero-order chi connectivity index (χ0) is 16.8. The largest absolute Gasteiger partial charge is 0.497 e. The van der Waals surface area contributed by atoms with Crippen molar-refractivity contribution in [2.75, 3.05) is 17.7 Å². The van der Waals surface area contributed by atoms with Crippen LogP contribution in [0.25, 0.3) is 0 Å². The van der Waals surface area contributed by atoms with E-state index >= 15 is 0 Å². The fourth-order valence-corrected chi connectivity index (χ4v) is 2.55. The Labute approximate surface area is 149 Å². The summed E-state index contributed by atoms with van der Waals surface area (Å²) >= 11 is 3.46. The van der Waals surface area contributed by atoms with Gasteiger partial charge in [-0.3, -0.25) is 0 Å². The Morgan fingerprint density at radius 1 is 1.08 bits per heavy atom. The summed E-state index contributed by atoms with van der Waals surface area (Å²) in [7, 11) is 1.66. The van der Waals surface area contributed by atoms with E-state index in [1.54, 1.807) is 13.3 Å².